The molecule has 0 spiro atoms. The molecule has 20 heavy (non-hydrogen) atoms. The van der Waals surface area contributed by atoms with E-state index in [-0.39, 0.29) is 16.8 Å². The van der Waals surface area contributed by atoms with Gasteiger partial charge in [-0.05, 0) is 19.3 Å². The Hall–Kier alpha value is -1.12. The SMILES string of the molecule is CCCn1cc(S(=O)(=O)N2CCCC(OC)C2)c(N)n1. The molecule has 1 aromatic rings. The second-order valence-corrected chi connectivity index (χ2v) is 6.91. The highest BCUT2D eigenvalue weighted by atomic mass is 32.2. The van der Waals surface area contributed by atoms with Gasteiger partial charge in [-0.25, -0.2) is 8.42 Å². The van der Waals surface area contributed by atoms with Gasteiger partial charge in [-0.15, -0.1) is 0 Å². The van der Waals surface area contributed by atoms with Gasteiger partial charge in [0.2, 0.25) is 10.0 Å². The van der Waals surface area contributed by atoms with Crippen molar-refractivity contribution in [3.05, 3.63) is 6.20 Å². The summed E-state index contributed by atoms with van der Waals surface area (Å²) in [6, 6.07) is 0. The maximum Gasteiger partial charge on any atom is 0.248 e. The summed E-state index contributed by atoms with van der Waals surface area (Å²) in [4.78, 5) is 0.0997. The summed E-state index contributed by atoms with van der Waals surface area (Å²) in [6.45, 7) is 3.53. The third-order valence-corrected chi connectivity index (χ3v) is 5.38. The van der Waals surface area contributed by atoms with Crippen LogP contribution in [0.25, 0.3) is 0 Å². The summed E-state index contributed by atoms with van der Waals surface area (Å²) in [7, 11) is -1.98. The molecule has 114 valence electrons. The molecule has 2 rings (SSSR count). The normalized spacial score (nSPS) is 21.2. The highest BCUT2D eigenvalue weighted by Crippen LogP contribution is 2.25. The number of nitrogens with zero attached hydrogens (tertiary/aromatic N) is 3. The van der Waals surface area contributed by atoms with E-state index in [0.29, 0.717) is 19.6 Å². The lowest BCUT2D eigenvalue weighted by Gasteiger charge is -2.30. The van der Waals surface area contributed by atoms with E-state index < -0.39 is 10.0 Å². The smallest absolute Gasteiger partial charge is 0.248 e. The summed E-state index contributed by atoms with van der Waals surface area (Å²) in [6.07, 6.45) is 4.01. The van der Waals surface area contributed by atoms with Crippen LogP contribution >= 0.6 is 0 Å². The molecule has 0 radical (unpaired) electrons. The first-order chi connectivity index (χ1) is 9.48. The van der Waals surface area contributed by atoms with Crippen LogP contribution in [0.15, 0.2) is 11.1 Å². The molecular weight excluding hydrogens is 280 g/mol. The third kappa shape index (κ3) is 2.97. The number of methoxy groups -OCH3 is 1. The first-order valence-electron chi connectivity index (χ1n) is 6.85. The second kappa shape index (κ2) is 6.11. The van der Waals surface area contributed by atoms with Crippen molar-refractivity contribution >= 4 is 15.8 Å². The highest BCUT2D eigenvalue weighted by molar-refractivity contribution is 7.89. The van der Waals surface area contributed by atoms with Crippen LogP contribution in [0.2, 0.25) is 0 Å². The van der Waals surface area contributed by atoms with Crippen LogP contribution in [0.5, 0.6) is 0 Å². The Morgan fingerprint density at radius 2 is 2.30 bits per heavy atom. The van der Waals surface area contributed by atoms with Gasteiger partial charge >= 0.3 is 0 Å². The summed E-state index contributed by atoms with van der Waals surface area (Å²) in [5.41, 5.74) is 5.76. The minimum Gasteiger partial charge on any atom is -0.381 e. The molecule has 1 aliphatic heterocycles. The second-order valence-electron chi connectivity index (χ2n) is 5.00. The van der Waals surface area contributed by atoms with E-state index in [2.05, 4.69) is 5.10 Å². The number of piperidine rings is 1. The lowest BCUT2D eigenvalue weighted by Crippen LogP contribution is -2.42. The fraction of sp³-hybridized carbons (Fsp3) is 0.750. The topological polar surface area (TPSA) is 90.5 Å². The zero-order valence-electron chi connectivity index (χ0n) is 11.9. The summed E-state index contributed by atoms with van der Waals surface area (Å²) >= 11 is 0. The molecule has 0 amide bonds. The van der Waals surface area contributed by atoms with Crippen LogP contribution in [0, 0.1) is 0 Å². The Labute approximate surface area is 119 Å². The molecule has 2 N–H and O–H groups in total. The highest BCUT2D eigenvalue weighted by Gasteiger charge is 2.32. The molecular formula is C12H22N4O3S. The molecule has 1 aliphatic rings. The minimum absolute atomic E-state index is 0.0505. The van der Waals surface area contributed by atoms with E-state index in [0.717, 1.165) is 19.3 Å². The zero-order valence-corrected chi connectivity index (χ0v) is 12.8. The average Bonchev–Trinajstić information content (AvgIpc) is 2.81. The number of rotatable bonds is 5. The number of sulfonamides is 1. The van der Waals surface area contributed by atoms with Gasteiger partial charge in [0, 0.05) is 32.9 Å². The fourth-order valence-corrected chi connectivity index (χ4v) is 3.99. The molecule has 8 heteroatoms. The molecule has 1 unspecified atom stereocenters. The van der Waals surface area contributed by atoms with E-state index in [1.807, 2.05) is 6.92 Å². The number of hydrogen-bond acceptors (Lipinski definition) is 5. The molecule has 0 aliphatic carbocycles. The van der Waals surface area contributed by atoms with Crippen LogP contribution in [0.1, 0.15) is 26.2 Å². The first kappa shape index (κ1) is 15.3. The largest absolute Gasteiger partial charge is 0.381 e. The van der Waals surface area contributed by atoms with E-state index in [4.69, 9.17) is 10.5 Å². The Morgan fingerprint density at radius 3 is 2.95 bits per heavy atom. The maximum atomic E-state index is 12.6. The lowest BCUT2D eigenvalue weighted by molar-refractivity contribution is 0.0572. The van der Waals surface area contributed by atoms with E-state index >= 15 is 0 Å². The monoisotopic (exact) mass is 302 g/mol. The predicted molar refractivity (Wildman–Crippen MR) is 75.7 cm³/mol. The van der Waals surface area contributed by atoms with Crippen LogP contribution in [-0.2, 0) is 21.3 Å². The zero-order chi connectivity index (χ0) is 14.8. The van der Waals surface area contributed by atoms with Crippen molar-refractivity contribution in [3.8, 4) is 0 Å². The van der Waals surface area contributed by atoms with Gasteiger partial charge in [0.25, 0.3) is 0 Å². The minimum atomic E-state index is -3.59. The molecule has 1 saturated heterocycles. The van der Waals surface area contributed by atoms with Crippen molar-refractivity contribution in [2.24, 2.45) is 0 Å². The molecule has 1 fully saturated rings. The number of nitrogens with two attached hydrogens (primary N) is 1. The fourth-order valence-electron chi connectivity index (χ4n) is 2.42. The van der Waals surface area contributed by atoms with E-state index in [9.17, 15) is 8.42 Å². The quantitative estimate of drug-likeness (QED) is 0.863. The van der Waals surface area contributed by atoms with Crippen LogP contribution in [0.4, 0.5) is 5.82 Å². The Morgan fingerprint density at radius 1 is 1.55 bits per heavy atom. The van der Waals surface area contributed by atoms with Crippen molar-refractivity contribution in [1.82, 2.24) is 14.1 Å². The van der Waals surface area contributed by atoms with E-state index in [1.165, 1.54) is 10.5 Å². The number of anilines is 1. The summed E-state index contributed by atoms with van der Waals surface area (Å²) < 4.78 is 33.5. The first-order valence-corrected chi connectivity index (χ1v) is 8.29. The number of ether oxygens (including phenoxy) is 1. The van der Waals surface area contributed by atoms with E-state index in [1.54, 1.807) is 11.8 Å². The predicted octanol–water partition coefficient (Wildman–Crippen LogP) is 0.675. The Bertz CT molecular complexity index is 555. The van der Waals surface area contributed by atoms with Gasteiger partial charge in [-0.3, -0.25) is 4.68 Å². The molecule has 0 saturated carbocycles. The third-order valence-electron chi connectivity index (χ3n) is 3.50. The Balaban J connectivity index is 2.25. The number of aromatic nitrogens is 2. The average molecular weight is 302 g/mol. The van der Waals surface area contributed by atoms with Crippen molar-refractivity contribution in [2.75, 3.05) is 25.9 Å². The van der Waals surface area contributed by atoms with Gasteiger partial charge in [0.1, 0.15) is 4.90 Å². The standard InChI is InChI=1S/C12H22N4O3S/c1-3-6-15-9-11(12(13)14-15)20(17,18)16-7-4-5-10(8-16)19-2/h9-10H,3-8H2,1-2H3,(H2,13,14). The van der Waals surface area contributed by atoms with Crippen LogP contribution < -0.4 is 5.73 Å². The van der Waals surface area contributed by atoms with Gasteiger partial charge in [-0.2, -0.15) is 9.40 Å². The molecule has 0 bridgehead atoms. The van der Waals surface area contributed by atoms with Crippen LogP contribution in [0.3, 0.4) is 0 Å². The molecule has 1 aromatic heterocycles. The molecule has 2 heterocycles. The summed E-state index contributed by atoms with van der Waals surface area (Å²) in [5.74, 6) is 0.0676. The lowest BCUT2D eigenvalue weighted by atomic mass is 10.1. The number of aryl methyl sites for hydroxylation is 1. The van der Waals surface area contributed by atoms with Gasteiger partial charge < -0.3 is 10.5 Å². The number of hydrogen-bond donors (Lipinski definition) is 1. The Kier molecular flexibility index (Phi) is 4.66. The van der Waals surface area contributed by atoms with Crippen molar-refractivity contribution in [1.29, 1.82) is 0 Å². The van der Waals surface area contributed by atoms with Gasteiger partial charge in [-0.1, -0.05) is 6.92 Å². The van der Waals surface area contributed by atoms with Crippen LogP contribution in [-0.4, -0.2) is 48.8 Å². The molecule has 0 aromatic carbocycles. The maximum absolute atomic E-state index is 12.6. The molecule has 7 nitrogen and oxygen atoms in total. The summed E-state index contributed by atoms with van der Waals surface area (Å²) in [5, 5.41) is 4.06. The van der Waals surface area contributed by atoms with Gasteiger partial charge in [0.15, 0.2) is 5.82 Å². The van der Waals surface area contributed by atoms with Gasteiger partial charge in [0.05, 0.1) is 6.10 Å². The van der Waals surface area contributed by atoms with Crippen molar-refractivity contribution in [3.63, 3.8) is 0 Å². The van der Waals surface area contributed by atoms with Crippen molar-refractivity contribution in [2.45, 2.75) is 43.7 Å². The molecule has 1 atom stereocenters. The van der Waals surface area contributed by atoms with Crippen molar-refractivity contribution < 1.29 is 13.2 Å². The number of nitrogen functional groups attached to an aromatic ring is 1.